The van der Waals surface area contributed by atoms with E-state index in [0.29, 0.717) is 62.3 Å². The molecule has 2 saturated heterocycles. The van der Waals surface area contributed by atoms with Crippen molar-refractivity contribution in [2.75, 3.05) is 13.2 Å². The molecule has 2 heterocycles. The second kappa shape index (κ2) is 11.6. The molecule has 1 unspecified atom stereocenters. The lowest BCUT2D eigenvalue weighted by Crippen LogP contribution is -2.41. The highest BCUT2D eigenvalue weighted by Crippen LogP contribution is 2.46. The second-order valence-electron chi connectivity index (χ2n) is 9.89. The van der Waals surface area contributed by atoms with Crippen molar-refractivity contribution >= 4 is 11.9 Å². The number of benzene rings is 1. The molecule has 2 aliphatic heterocycles. The van der Waals surface area contributed by atoms with E-state index in [1.54, 1.807) is 6.07 Å². The number of hydrogen-bond acceptors (Lipinski definition) is 5. The molecule has 1 aromatic rings. The molecule has 0 bridgehead atoms. The fourth-order valence-electron chi connectivity index (χ4n) is 5.60. The predicted octanol–water partition coefficient (Wildman–Crippen LogP) is 7.21. The fourth-order valence-corrected chi connectivity index (χ4v) is 6.99. The van der Waals surface area contributed by atoms with Crippen LogP contribution in [-0.4, -0.2) is 34.6 Å². The van der Waals surface area contributed by atoms with E-state index in [1.165, 1.54) is 12.0 Å². The molecule has 1 saturated carbocycles. The first-order chi connectivity index (χ1) is 17.0. The molecule has 3 fully saturated rings. The Balaban J connectivity index is 0.00000141. The maximum atomic E-state index is 15.3. The average molecular weight is 499 g/mol. The molecular weight excluding hydrogens is 459 g/mol. The summed E-state index contributed by atoms with van der Waals surface area (Å²) >= 11 is 1.86. The Morgan fingerprint density at radius 3 is 2.49 bits per heavy atom. The third-order valence-corrected chi connectivity index (χ3v) is 9.34. The van der Waals surface area contributed by atoms with E-state index >= 15 is 4.39 Å². The van der Waals surface area contributed by atoms with Gasteiger partial charge in [-0.1, -0.05) is 56.2 Å². The number of hydrogen-bond donors (Lipinski definition) is 0. The molecular formula is C29H39FN2O2S. The minimum Gasteiger partial charge on any atom is -0.348 e. The topological polar surface area (TPSA) is 45.5 Å². The minimum atomic E-state index is -0.669. The fraction of sp³-hybridized carbons (Fsp3) is 0.621. The maximum absolute atomic E-state index is 15.3. The van der Waals surface area contributed by atoms with Crippen LogP contribution in [-0.2, 0) is 21.4 Å². The SMILES string of the molecule is CC.C[C@H]1CCC(C2=CCCC=C2)SN1Cc1ccc(C2(C#N)CCC3(CC2)OCCO3)cc1F. The van der Waals surface area contributed by atoms with E-state index in [-0.39, 0.29) is 5.82 Å². The highest BCUT2D eigenvalue weighted by atomic mass is 32.2. The van der Waals surface area contributed by atoms with Gasteiger partial charge in [0.1, 0.15) is 5.82 Å². The number of ether oxygens (including phenoxy) is 2. The van der Waals surface area contributed by atoms with Crippen molar-refractivity contribution in [2.45, 2.75) is 101 Å². The summed E-state index contributed by atoms with van der Waals surface area (Å²) in [5.74, 6) is -0.734. The summed E-state index contributed by atoms with van der Waals surface area (Å²) in [5.41, 5.74) is 2.24. The number of nitrogens with zero attached hydrogens (tertiary/aromatic N) is 2. The summed E-state index contributed by atoms with van der Waals surface area (Å²) in [6, 6.07) is 8.39. The molecule has 0 radical (unpaired) electrons. The van der Waals surface area contributed by atoms with Crippen LogP contribution >= 0.6 is 11.9 Å². The zero-order valence-corrected chi connectivity index (χ0v) is 22.2. The van der Waals surface area contributed by atoms with E-state index in [9.17, 15) is 5.26 Å². The lowest BCUT2D eigenvalue weighted by Gasteiger charge is -2.40. The van der Waals surface area contributed by atoms with E-state index < -0.39 is 11.2 Å². The Labute approximate surface area is 214 Å². The summed E-state index contributed by atoms with van der Waals surface area (Å²) in [5, 5.41) is 10.5. The second-order valence-corrected chi connectivity index (χ2v) is 11.1. The Kier molecular flexibility index (Phi) is 8.76. The first-order valence-corrected chi connectivity index (χ1v) is 14.1. The normalized spacial score (nSPS) is 27.6. The molecule has 1 spiro atoms. The lowest BCUT2D eigenvalue weighted by atomic mass is 9.68. The molecule has 1 aromatic carbocycles. The Bertz CT molecular complexity index is 969. The van der Waals surface area contributed by atoms with Crippen molar-refractivity contribution in [1.29, 1.82) is 5.26 Å². The minimum absolute atomic E-state index is 0.206. The van der Waals surface area contributed by atoms with Crippen molar-refractivity contribution in [1.82, 2.24) is 4.31 Å². The highest BCUT2D eigenvalue weighted by Gasteiger charge is 2.47. The quantitative estimate of drug-likeness (QED) is 0.411. The van der Waals surface area contributed by atoms with E-state index in [2.05, 4.69) is 35.5 Å². The van der Waals surface area contributed by atoms with Crippen LogP contribution < -0.4 is 0 Å². The third-order valence-electron chi connectivity index (χ3n) is 7.82. The average Bonchev–Trinajstić information content (AvgIpc) is 3.37. The molecule has 2 aliphatic carbocycles. The van der Waals surface area contributed by atoms with Crippen LogP contribution in [0.1, 0.15) is 83.3 Å². The molecule has 190 valence electrons. The first-order valence-electron chi connectivity index (χ1n) is 13.3. The smallest absolute Gasteiger partial charge is 0.168 e. The largest absolute Gasteiger partial charge is 0.348 e. The summed E-state index contributed by atoms with van der Waals surface area (Å²) in [4.78, 5) is 0. The summed E-state index contributed by atoms with van der Waals surface area (Å²) < 4.78 is 29.3. The van der Waals surface area contributed by atoms with E-state index in [4.69, 9.17) is 9.47 Å². The van der Waals surface area contributed by atoms with E-state index in [1.807, 2.05) is 37.9 Å². The zero-order valence-electron chi connectivity index (χ0n) is 21.4. The van der Waals surface area contributed by atoms with Crippen molar-refractivity contribution < 1.29 is 13.9 Å². The first kappa shape index (κ1) is 26.4. The number of rotatable bonds is 4. The van der Waals surface area contributed by atoms with Crippen LogP contribution in [0, 0.1) is 17.1 Å². The maximum Gasteiger partial charge on any atom is 0.168 e. The van der Waals surface area contributed by atoms with Gasteiger partial charge >= 0.3 is 0 Å². The van der Waals surface area contributed by atoms with Crippen LogP contribution in [0.3, 0.4) is 0 Å². The molecule has 0 aromatic heterocycles. The number of allylic oxidation sites excluding steroid dienone is 3. The van der Waals surface area contributed by atoms with Crippen molar-refractivity contribution in [3.8, 4) is 6.07 Å². The lowest BCUT2D eigenvalue weighted by molar-refractivity contribution is -0.182. The Morgan fingerprint density at radius 2 is 1.86 bits per heavy atom. The summed E-state index contributed by atoms with van der Waals surface area (Å²) in [6.45, 7) is 8.04. The monoisotopic (exact) mass is 498 g/mol. The molecule has 0 N–H and O–H groups in total. The van der Waals surface area contributed by atoms with Crippen molar-refractivity contribution in [3.05, 3.63) is 58.9 Å². The molecule has 5 rings (SSSR count). The van der Waals surface area contributed by atoms with Gasteiger partial charge in [-0.3, -0.25) is 0 Å². The predicted molar refractivity (Wildman–Crippen MR) is 140 cm³/mol. The Hall–Kier alpha value is -1.65. The van der Waals surface area contributed by atoms with Gasteiger partial charge in [0.15, 0.2) is 5.79 Å². The van der Waals surface area contributed by atoms with Crippen LogP contribution in [0.4, 0.5) is 4.39 Å². The molecule has 4 nitrogen and oxygen atoms in total. The molecule has 35 heavy (non-hydrogen) atoms. The van der Waals surface area contributed by atoms with Gasteiger partial charge in [0.25, 0.3) is 0 Å². The Morgan fingerprint density at radius 1 is 1.11 bits per heavy atom. The molecule has 6 heteroatoms. The van der Waals surface area contributed by atoms with Crippen LogP contribution in [0.5, 0.6) is 0 Å². The van der Waals surface area contributed by atoms with Crippen LogP contribution in [0.2, 0.25) is 0 Å². The van der Waals surface area contributed by atoms with Gasteiger partial charge in [-0.25, -0.2) is 8.70 Å². The number of nitriles is 1. The zero-order chi connectivity index (χ0) is 24.9. The van der Waals surface area contributed by atoms with Crippen molar-refractivity contribution in [3.63, 3.8) is 0 Å². The summed E-state index contributed by atoms with van der Waals surface area (Å²) in [7, 11) is 0. The van der Waals surface area contributed by atoms with Gasteiger partial charge in [-0.15, -0.1) is 0 Å². The molecule has 0 amide bonds. The van der Waals surface area contributed by atoms with E-state index in [0.717, 1.165) is 24.8 Å². The van der Waals surface area contributed by atoms with Gasteiger partial charge in [0.2, 0.25) is 0 Å². The third kappa shape index (κ3) is 5.69. The van der Waals surface area contributed by atoms with Crippen LogP contribution in [0.25, 0.3) is 0 Å². The van der Waals surface area contributed by atoms with Gasteiger partial charge in [-0.2, -0.15) is 5.26 Å². The highest BCUT2D eigenvalue weighted by molar-refractivity contribution is 7.97. The van der Waals surface area contributed by atoms with Gasteiger partial charge in [0.05, 0.1) is 24.7 Å². The number of halogens is 1. The molecule has 4 aliphatic rings. The standard InChI is InChI=1S/C27H33FN2O2S.C2H6/c1-20-7-10-25(21-5-3-2-4-6-21)33-30(20)18-22-8-9-23(17-24(22)28)26(19-29)11-13-27(14-12-26)31-15-16-32-27;1-2/h3,5-6,8-9,17,20,25H,2,4,7,10-16,18H2,1H3;1-2H3/t20-,25?;/m0./s1. The van der Waals surface area contributed by atoms with Gasteiger partial charge in [-0.05, 0) is 62.7 Å². The van der Waals surface area contributed by atoms with Crippen molar-refractivity contribution in [2.24, 2.45) is 0 Å². The van der Waals surface area contributed by atoms with Crippen LogP contribution in [0.15, 0.2) is 42.0 Å². The van der Waals surface area contributed by atoms with Gasteiger partial charge in [0, 0.05) is 36.2 Å². The molecule has 2 atom stereocenters. The van der Waals surface area contributed by atoms with Gasteiger partial charge < -0.3 is 9.47 Å². The summed E-state index contributed by atoms with van der Waals surface area (Å²) in [6.07, 6.45) is 14.0.